The highest BCUT2D eigenvalue weighted by Crippen LogP contribution is 2.00. The molecule has 0 saturated carbocycles. The van der Waals surface area contributed by atoms with Crippen LogP contribution in [0.3, 0.4) is 0 Å². The molecule has 0 bridgehead atoms. The van der Waals surface area contributed by atoms with Gasteiger partial charge in [-0.15, -0.1) is 0 Å². The van der Waals surface area contributed by atoms with Crippen molar-refractivity contribution in [3.8, 4) is 0 Å². The zero-order valence-electron chi connectivity index (χ0n) is 11.1. The maximum absolute atomic E-state index is 11.3. The first-order valence-corrected chi connectivity index (χ1v) is 6.09. The van der Waals surface area contributed by atoms with E-state index >= 15 is 0 Å². The third kappa shape index (κ3) is 6.34. The summed E-state index contributed by atoms with van der Waals surface area (Å²) < 4.78 is 4.69. The number of ether oxygens (including phenoxy) is 1. The highest BCUT2D eigenvalue weighted by Gasteiger charge is 2.08. The van der Waals surface area contributed by atoms with Crippen molar-refractivity contribution in [2.24, 2.45) is 0 Å². The number of hydrogen-bond acceptors (Lipinski definition) is 4. The Morgan fingerprint density at radius 1 is 1.20 bits per heavy atom. The first kappa shape index (κ1) is 15.4. The fourth-order valence-electron chi connectivity index (χ4n) is 1.28. The van der Waals surface area contributed by atoms with Crippen molar-refractivity contribution in [3.63, 3.8) is 0 Å². The number of hydrogen-bond donors (Lipinski definition) is 2. The first-order chi connectivity index (χ1) is 9.61. The van der Waals surface area contributed by atoms with Crippen LogP contribution in [0.5, 0.6) is 0 Å². The van der Waals surface area contributed by atoms with E-state index in [1.807, 2.05) is 35.6 Å². The molecule has 0 saturated heterocycles. The van der Waals surface area contributed by atoms with Gasteiger partial charge in [-0.3, -0.25) is 10.1 Å². The Bertz CT molecular complexity index is 497. The zero-order valence-corrected chi connectivity index (χ0v) is 11.1. The molecule has 106 valence electrons. The van der Waals surface area contributed by atoms with Crippen LogP contribution in [0.4, 0.5) is 4.79 Å². The minimum Gasteiger partial charge on any atom is -0.452 e. The summed E-state index contributed by atoms with van der Waals surface area (Å²) in [7, 11) is 0. The molecule has 0 aliphatic carbocycles. The standard InChI is InChI=1S/C14H16N2O4/c1-2-15-14(19)16-12(17)10-20-13(18)9-8-11-6-4-3-5-7-11/h3-9H,2,10H2,1H3,(H2,15,16,17,19). The quantitative estimate of drug-likeness (QED) is 0.622. The molecule has 0 atom stereocenters. The molecule has 0 heterocycles. The summed E-state index contributed by atoms with van der Waals surface area (Å²) >= 11 is 0. The van der Waals surface area contributed by atoms with Crippen LogP contribution in [0.2, 0.25) is 0 Å². The van der Waals surface area contributed by atoms with E-state index in [0.29, 0.717) is 6.54 Å². The summed E-state index contributed by atoms with van der Waals surface area (Å²) in [6.45, 7) is 1.62. The number of carbonyl (C=O) groups is 3. The number of benzene rings is 1. The minimum absolute atomic E-state index is 0.402. The predicted octanol–water partition coefficient (Wildman–Crippen LogP) is 1.09. The molecule has 0 aromatic heterocycles. The van der Waals surface area contributed by atoms with Gasteiger partial charge in [0.2, 0.25) is 0 Å². The predicted molar refractivity (Wildman–Crippen MR) is 73.7 cm³/mol. The molecule has 0 aliphatic heterocycles. The normalized spacial score (nSPS) is 10.1. The Morgan fingerprint density at radius 2 is 1.90 bits per heavy atom. The van der Waals surface area contributed by atoms with E-state index in [1.54, 1.807) is 13.0 Å². The van der Waals surface area contributed by atoms with Gasteiger partial charge < -0.3 is 10.1 Å². The van der Waals surface area contributed by atoms with Crippen molar-refractivity contribution in [2.75, 3.05) is 13.2 Å². The number of nitrogens with one attached hydrogen (secondary N) is 2. The number of rotatable bonds is 5. The molecule has 20 heavy (non-hydrogen) atoms. The second kappa shape index (κ2) is 8.47. The molecule has 0 aliphatic rings. The van der Waals surface area contributed by atoms with Crippen molar-refractivity contribution < 1.29 is 19.1 Å². The van der Waals surface area contributed by atoms with Crippen LogP contribution < -0.4 is 10.6 Å². The van der Waals surface area contributed by atoms with E-state index in [2.05, 4.69) is 10.1 Å². The lowest BCUT2D eigenvalue weighted by Gasteiger charge is -2.04. The van der Waals surface area contributed by atoms with Gasteiger partial charge in [0.1, 0.15) is 0 Å². The van der Waals surface area contributed by atoms with Gasteiger partial charge in [-0.25, -0.2) is 9.59 Å². The van der Waals surface area contributed by atoms with Crippen molar-refractivity contribution >= 4 is 24.0 Å². The number of urea groups is 1. The summed E-state index contributed by atoms with van der Waals surface area (Å²) in [5.74, 6) is -1.34. The lowest BCUT2D eigenvalue weighted by Crippen LogP contribution is -2.41. The molecule has 6 nitrogen and oxygen atoms in total. The molecule has 0 unspecified atom stereocenters. The number of imide groups is 1. The Kier molecular flexibility index (Phi) is 6.53. The zero-order chi connectivity index (χ0) is 14.8. The van der Waals surface area contributed by atoms with Crippen molar-refractivity contribution in [1.29, 1.82) is 0 Å². The van der Waals surface area contributed by atoms with Crippen LogP contribution in [0, 0.1) is 0 Å². The van der Waals surface area contributed by atoms with Crippen LogP contribution in [0.25, 0.3) is 6.08 Å². The van der Waals surface area contributed by atoms with Gasteiger partial charge in [-0.05, 0) is 18.6 Å². The Morgan fingerprint density at radius 3 is 2.55 bits per heavy atom. The Balaban J connectivity index is 2.31. The Hall–Kier alpha value is -2.63. The fourth-order valence-corrected chi connectivity index (χ4v) is 1.28. The van der Waals surface area contributed by atoms with Crippen molar-refractivity contribution in [2.45, 2.75) is 6.92 Å². The third-order valence-electron chi connectivity index (χ3n) is 2.15. The lowest BCUT2D eigenvalue weighted by atomic mass is 10.2. The van der Waals surface area contributed by atoms with Gasteiger partial charge in [-0.1, -0.05) is 30.3 Å². The Labute approximate surface area is 116 Å². The summed E-state index contributed by atoms with van der Waals surface area (Å²) in [5.41, 5.74) is 0.844. The molecule has 1 aromatic rings. The number of esters is 1. The molecule has 1 aromatic carbocycles. The van der Waals surface area contributed by atoms with E-state index in [-0.39, 0.29) is 0 Å². The lowest BCUT2D eigenvalue weighted by molar-refractivity contribution is -0.143. The molecule has 3 amide bonds. The monoisotopic (exact) mass is 276 g/mol. The largest absolute Gasteiger partial charge is 0.452 e. The van der Waals surface area contributed by atoms with Gasteiger partial charge in [0.05, 0.1) is 0 Å². The van der Waals surface area contributed by atoms with Crippen LogP contribution in [0.15, 0.2) is 36.4 Å². The maximum atomic E-state index is 11.3. The molecule has 0 radical (unpaired) electrons. The third-order valence-corrected chi connectivity index (χ3v) is 2.15. The van der Waals surface area contributed by atoms with Crippen molar-refractivity contribution in [3.05, 3.63) is 42.0 Å². The maximum Gasteiger partial charge on any atom is 0.331 e. The van der Waals surface area contributed by atoms with E-state index in [9.17, 15) is 14.4 Å². The molecule has 2 N–H and O–H groups in total. The highest BCUT2D eigenvalue weighted by atomic mass is 16.5. The number of carbonyl (C=O) groups excluding carboxylic acids is 3. The highest BCUT2D eigenvalue weighted by molar-refractivity contribution is 5.96. The topological polar surface area (TPSA) is 84.5 Å². The second-order valence-electron chi connectivity index (χ2n) is 3.76. The van der Waals surface area contributed by atoms with E-state index in [0.717, 1.165) is 5.56 Å². The summed E-state index contributed by atoms with van der Waals surface area (Å²) in [5, 5.41) is 4.41. The van der Waals surface area contributed by atoms with Crippen LogP contribution in [-0.4, -0.2) is 31.1 Å². The number of amides is 3. The average Bonchev–Trinajstić information content (AvgIpc) is 2.44. The summed E-state index contributed by atoms with van der Waals surface area (Å²) in [4.78, 5) is 33.6. The van der Waals surface area contributed by atoms with E-state index < -0.39 is 24.5 Å². The molecular formula is C14H16N2O4. The average molecular weight is 276 g/mol. The molecule has 0 spiro atoms. The van der Waals surface area contributed by atoms with Crippen LogP contribution >= 0.6 is 0 Å². The van der Waals surface area contributed by atoms with Crippen LogP contribution in [0.1, 0.15) is 12.5 Å². The van der Waals surface area contributed by atoms with Gasteiger partial charge >= 0.3 is 12.0 Å². The van der Waals surface area contributed by atoms with Gasteiger partial charge in [0.15, 0.2) is 6.61 Å². The molecular weight excluding hydrogens is 260 g/mol. The van der Waals surface area contributed by atoms with Gasteiger partial charge in [-0.2, -0.15) is 0 Å². The van der Waals surface area contributed by atoms with E-state index in [4.69, 9.17) is 0 Å². The molecule has 1 rings (SSSR count). The summed E-state index contributed by atoms with van der Waals surface area (Å²) in [6.07, 6.45) is 2.79. The van der Waals surface area contributed by atoms with E-state index in [1.165, 1.54) is 6.08 Å². The minimum atomic E-state index is -0.683. The molecule has 0 fully saturated rings. The summed E-state index contributed by atoms with van der Waals surface area (Å²) in [6, 6.07) is 8.57. The van der Waals surface area contributed by atoms with Gasteiger partial charge in [0.25, 0.3) is 5.91 Å². The fraction of sp³-hybridized carbons (Fsp3) is 0.214. The van der Waals surface area contributed by atoms with Gasteiger partial charge in [0, 0.05) is 12.6 Å². The SMILES string of the molecule is CCNC(=O)NC(=O)COC(=O)C=Cc1ccccc1. The second-order valence-corrected chi connectivity index (χ2v) is 3.76. The van der Waals surface area contributed by atoms with Crippen LogP contribution in [-0.2, 0) is 14.3 Å². The molecule has 6 heteroatoms. The first-order valence-electron chi connectivity index (χ1n) is 6.09. The smallest absolute Gasteiger partial charge is 0.331 e. The van der Waals surface area contributed by atoms with Crippen molar-refractivity contribution in [1.82, 2.24) is 10.6 Å².